The van der Waals surface area contributed by atoms with Crippen molar-refractivity contribution in [2.75, 3.05) is 0 Å². The molecule has 1 rings (SSSR count). The summed E-state index contributed by atoms with van der Waals surface area (Å²) in [5, 5.41) is 17.1. The van der Waals surface area contributed by atoms with Gasteiger partial charge in [0.25, 0.3) is 0 Å². The minimum Gasteiger partial charge on any atom is -0.192 e. The summed E-state index contributed by atoms with van der Waals surface area (Å²) in [5.41, 5.74) is -0.393. The molecule has 0 N–H and O–H groups in total. The van der Waals surface area contributed by atoms with Crippen LogP contribution in [0.3, 0.4) is 0 Å². The van der Waals surface area contributed by atoms with Gasteiger partial charge in [-0.3, -0.25) is 0 Å². The molecule has 1 atom stereocenters. The van der Waals surface area contributed by atoms with Crippen molar-refractivity contribution in [2.45, 2.75) is 31.9 Å². The second kappa shape index (κ2) is 4.35. The Morgan fingerprint density at radius 3 is 2.27 bits per heavy atom. The van der Waals surface area contributed by atoms with Crippen molar-refractivity contribution in [3.8, 4) is 12.1 Å². The van der Waals surface area contributed by atoms with Gasteiger partial charge in [-0.25, -0.2) is 0 Å². The molecule has 0 spiro atoms. The van der Waals surface area contributed by atoms with E-state index < -0.39 is 12.1 Å². The Morgan fingerprint density at radius 2 is 1.80 bits per heavy atom. The first kappa shape index (κ1) is 11.6. The zero-order chi connectivity index (χ0) is 11.5. The topological polar surface area (TPSA) is 47.6 Å². The zero-order valence-corrected chi connectivity index (χ0v) is 7.93. The van der Waals surface area contributed by atoms with Crippen LogP contribution in [0.5, 0.6) is 0 Å². The Hall–Kier alpha value is -1.49. The molecule has 5 heteroatoms. The van der Waals surface area contributed by atoms with Crippen molar-refractivity contribution < 1.29 is 13.2 Å². The van der Waals surface area contributed by atoms with Gasteiger partial charge in [0.2, 0.25) is 0 Å². The van der Waals surface area contributed by atoms with E-state index in [1.54, 1.807) is 12.1 Å². The number of allylic oxidation sites excluding steroid dienone is 2. The molecule has 1 aliphatic rings. The molecule has 15 heavy (non-hydrogen) atoms. The highest BCUT2D eigenvalue weighted by Gasteiger charge is 2.43. The van der Waals surface area contributed by atoms with Crippen molar-refractivity contribution >= 4 is 0 Å². The first-order valence-electron chi connectivity index (χ1n) is 4.60. The number of halogens is 3. The first-order chi connectivity index (χ1) is 7.00. The van der Waals surface area contributed by atoms with Gasteiger partial charge in [0.1, 0.15) is 17.7 Å². The largest absolute Gasteiger partial charge is 0.395 e. The van der Waals surface area contributed by atoms with E-state index in [1.165, 1.54) is 0 Å². The third kappa shape index (κ3) is 2.50. The van der Waals surface area contributed by atoms with Crippen LogP contribution in [-0.4, -0.2) is 6.18 Å². The average Bonchev–Trinajstić information content (AvgIpc) is 2.19. The normalized spacial score (nSPS) is 21.7. The fourth-order valence-corrected chi connectivity index (χ4v) is 1.84. The van der Waals surface area contributed by atoms with Crippen molar-refractivity contribution in [3.63, 3.8) is 0 Å². The van der Waals surface area contributed by atoms with Crippen molar-refractivity contribution in [1.82, 2.24) is 0 Å². The van der Waals surface area contributed by atoms with Crippen LogP contribution in [0, 0.1) is 28.6 Å². The van der Waals surface area contributed by atoms with Gasteiger partial charge < -0.3 is 0 Å². The molecular formula is C10H9F3N2. The lowest BCUT2D eigenvalue weighted by Crippen LogP contribution is -2.28. The molecule has 0 aromatic heterocycles. The van der Waals surface area contributed by atoms with Crippen LogP contribution in [0.25, 0.3) is 0 Å². The predicted octanol–water partition coefficient (Wildman–Crippen LogP) is 3.08. The summed E-state index contributed by atoms with van der Waals surface area (Å²) >= 11 is 0. The molecule has 0 bridgehead atoms. The highest BCUT2D eigenvalue weighted by molar-refractivity contribution is 5.42. The summed E-state index contributed by atoms with van der Waals surface area (Å²) in [5.74, 6) is -1.60. The molecule has 0 saturated heterocycles. The molecule has 0 radical (unpaired) electrons. The maximum atomic E-state index is 12.6. The smallest absolute Gasteiger partial charge is 0.192 e. The van der Waals surface area contributed by atoms with Gasteiger partial charge in [-0.05, 0) is 24.8 Å². The highest BCUT2D eigenvalue weighted by Crippen LogP contribution is 2.42. The Kier molecular flexibility index (Phi) is 3.36. The predicted molar refractivity (Wildman–Crippen MR) is 46.3 cm³/mol. The standard InChI is InChI=1S/C10H9F3N2/c11-10(12,13)9-4-2-1-3-8(9)7(5-14)6-15/h9H,1-4H2. The molecule has 1 unspecified atom stereocenters. The third-order valence-corrected chi connectivity index (χ3v) is 2.55. The second-order valence-corrected chi connectivity index (χ2v) is 3.46. The van der Waals surface area contributed by atoms with E-state index >= 15 is 0 Å². The van der Waals surface area contributed by atoms with Gasteiger partial charge in [-0.15, -0.1) is 0 Å². The number of alkyl halides is 3. The first-order valence-corrected chi connectivity index (χ1v) is 4.60. The van der Waals surface area contributed by atoms with E-state index in [4.69, 9.17) is 10.5 Å². The fourth-order valence-electron chi connectivity index (χ4n) is 1.84. The molecule has 0 aromatic rings. The van der Waals surface area contributed by atoms with Gasteiger partial charge >= 0.3 is 6.18 Å². The van der Waals surface area contributed by atoms with Crippen molar-refractivity contribution in [2.24, 2.45) is 5.92 Å². The summed E-state index contributed by atoms with van der Waals surface area (Å²) in [6.45, 7) is 0. The Bertz CT molecular complexity index is 338. The van der Waals surface area contributed by atoms with Crippen LogP contribution in [-0.2, 0) is 0 Å². The quantitative estimate of drug-likeness (QED) is 0.582. The maximum Gasteiger partial charge on any atom is 0.395 e. The van der Waals surface area contributed by atoms with Crippen LogP contribution in [0.4, 0.5) is 13.2 Å². The van der Waals surface area contributed by atoms with Gasteiger partial charge in [-0.2, -0.15) is 23.7 Å². The number of rotatable bonds is 0. The third-order valence-electron chi connectivity index (χ3n) is 2.55. The molecule has 80 valence electrons. The highest BCUT2D eigenvalue weighted by atomic mass is 19.4. The number of nitriles is 2. The van der Waals surface area contributed by atoms with Gasteiger partial charge in [-0.1, -0.05) is 6.42 Å². The van der Waals surface area contributed by atoms with E-state index in [0.29, 0.717) is 12.8 Å². The summed E-state index contributed by atoms with van der Waals surface area (Å²) in [6, 6.07) is 3.08. The minimum atomic E-state index is -4.34. The summed E-state index contributed by atoms with van der Waals surface area (Å²) in [6.07, 6.45) is -3.02. The van der Waals surface area contributed by atoms with E-state index in [1.807, 2.05) is 0 Å². The molecule has 2 nitrogen and oxygen atoms in total. The van der Waals surface area contributed by atoms with Crippen LogP contribution < -0.4 is 0 Å². The molecule has 1 fully saturated rings. The van der Waals surface area contributed by atoms with Crippen molar-refractivity contribution in [1.29, 1.82) is 10.5 Å². The molecular weight excluding hydrogens is 205 g/mol. The van der Waals surface area contributed by atoms with Crippen LogP contribution in [0.15, 0.2) is 11.1 Å². The van der Waals surface area contributed by atoms with Crippen LogP contribution >= 0.6 is 0 Å². The Morgan fingerprint density at radius 1 is 1.20 bits per heavy atom. The number of hydrogen-bond donors (Lipinski definition) is 0. The SMILES string of the molecule is N#CC(C#N)=C1CCCCC1C(F)(F)F. The number of hydrogen-bond acceptors (Lipinski definition) is 2. The second-order valence-electron chi connectivity index (χ2n) is 3.46. The lowest BCUT2D eigenvalue weighted by molar-refractivity contribution is -0.168. The Balaban J connectivity index is 3.10. The molecule has 1 saturated carbocycles. The average molecular weight is 214 g/mol. The fraction of sp³-hybridized carbons (Fsp3) is 0.600. The molecule has 0 heterocycles. The monoisotopic (exact) mass is 214 g/mol. The van der Waals surface area contributed by atoms with Gasteiger partial charge in [0, 0.05) is 0 Å². The van der Waals surface area contributed by atoms with Crippen molar-refractivity contribution in [3.05, 3.63) is 11.1 Å². The van der Waals surface area contributed by atoms with E-state index in [9.17, 15) is 13.2 Å². The molecule has 0 aromatic carbocycles. The van der Waals surface area contributed by atoms with Crippen LogP contribution in [0.2, 0.25) is 0 Å². The Labute approximate surface area is 85.6 Å². The summed E-state index contributed by atoms with van der Waals surface area (Å²) < 4.78 is 37.7. The minimum absolute atomic E-state index is 0.00824. The lowest BCUT2D eigenvalue weighted by Gasteiger charge is -2.27. The van der Waals surface area contributed by atoms with E-state index in [2.05, 4.69) is 0 Å². The molecule has 0 aliphatic heterocycles. The van der Waals surface area contributed by atoms with E-state index in [-0.39, 0.29) is 24.0 Å². The van der Waals surface area contributed by atoms with E-state index in [0.717, 1.165) is 0 Å². The number of nitrogens with zero attached hydrogens (tertiary/aromatic N) is 2. The van der Waals surface area contributed by atoms with Gasteiger partial charge in [0.15, 0.2) is 0 Å². The lowest BCUT2D eigenvalue weighted by atomic mass is 9.81. The maximum absolute atomic E-state index is 12.6. The zero-order valence-electron chi connectivity index (χ0n) is 7.93. The summed E-state index contributed by atoms with van der Waals surface area (Å²) in [4.78, 5) is 0. The molecule has 0 amide bonds. The summed E-state index contributed by atoms with van der Waals surface area (Å²) in [7, 11) is 0. The van der Waals surface area contributed by atoms with Gasteiger partial charge in [0.05, 0.1) is 5.92 Å². The van der Waals surface area contributed by atoms with Crippen LogP contribution in [0.1, 0.15) is 25.7 Å². The molecule has 1 aliphatic carbocycles.